The van der Waals surface area contributed by atoms with E-state index in [1.165, 1.54) is 0 Å². The molecule has 5 nitrogen and oxygen atoms in total. The fourth-order valence-electron chi connectivity index (χ4n) is 1.89. The van der Waals surface area contributed by atoms with Crippen LogP contribution in [0.5, 0.6) is 0 Å². The smallest absolute Gasteiger partial charge is 0.242 e. The first-order valence-electron chi connectivity index (χ1n) is 6.39. The fraction of sp³-hybridized carbons (Fsp3) is 0.538. The maximum atomic E-state index is 12.3. The van der Waals surface area contributed by atoms with Gasteiger partial charge in [0.05, 0.1) is 12.3 Å². The summed E-state index contributed by atoms with van der Waals surface area (Å²) < 4.78 is 27.2. The molecule has 0 fully saturated rings. The minimum Gasteiger partial charge on any atom is -0.395 e. The van der Waals surface area contributed by atoms with Crippen LogP contribution in [-0.2, 0) is 10.0 Å². The number of benzene rings is 1. The SMILES string of the molecule is CCN(CCO)c1ccccc1S(=O)(=O)NC(C)C. The van der Waals surface area contributed by atoms with Crippen LogP contribution in [0, 0.1) is 0 Å². The van der Waals surface area contributed by atoms with Gasteiger partial charge >= 0.3 is 0 Å². The molecule has 0 aliphatic rings. The third kappa shape index (κ3) is 4.19. The lowest BCUT2D eigenvalue weighted by Crippen LogP contribution is -2.33. The molecular formula is C13H22N2O3S. The van der Waals surface area contributed by atoms with Crippen molar-refractivity contribution in [1.82, 2.24) is 4.72 Å². The maximum Gasteiger partial charge on any atom is 0.242 e. The van der Waals surface area contributed by atoms with Gasteiger partial charge in [0, 0.05) is 19.1 Å². The molecule has 0 aliphatic carbocycles. The third-order valence-electron chi connectivity index (χ3n) is 2.64. The van der Waals surface area contributed by atoms with Gasteiger partial charge < -0.3 is 10.0 Å². The van der Waals surface area contributed by atoms with Crippen LogP contribution in [0.2, 0.25) is 0 Å². The summed E-state index contributed by atoms with van der Waals surface area (Å²) in [6.07, 6.45) is 0. The van der Waals surface area contributed by atoms with Gasteiger partial charge in [0.1, 0.15) is 4.90 Å². The molecule has 0 amide bonds. The molecule has 1 aromatic rings. The van der Waals surface area contributed by atoms with Gasteiger partial charge in [-0.05, 0) is 32.9 Å². The normalized spacial score (nSPS) is 11.8. The number of aliphatic hydroxyl groups excluding tert-OH is 1. The van der Waals surface area contributed by atoms with E-state index in [1.54, 1.807) is 38.1 Å². The second-order valence-electron chi connectivity index (χ2n) is 4.55. The number of sulfonamides is 1. The quantitative estimate of drug-likeness (QED) is 0.790. The van der Waals surface area contributed by atoms with Crippen LogP contribution in [0.4, 0.5) is 5.69 Å². The third-order valence-corrected chi connectivity index (χ3v) is 4.34. The average molecular weight is 286 g/mol. The molecule has 6 heteroatoms. The van der Waals surface area contributed by atoms with Crippen molar-refractivity contribution < 1.29 is 13.5 Å². The van der Waals surface area contributed by atoms with E-state index in [0.29, 0.717) is 18.8 Å². The van der Waals surface area contributed by atoms with E-state index >= 15 is 0 Å². The van der Waals surface area contributed by atoms with Crippen molar-refractivity contribution in [3.8, 4) is 0 Å². The van der Waals surface area contributed by atoms with Crippen molar-refractivity contribution in [3.05, 3.63) is 24.3 Å². The summed E-state index contributed by atoms with van der Waals surface area (Å²) in [5.41, 5.74) is 0.618. The zero-order chi connectivity index (χ0) is 14.5. The second-order valence-corrected chi connectivity index (χ2v) is 6.23. The molecule has 19 heavy (non-hydrogen) atoms. The number of rotatable bonds is 7. The molecule has 0 aromatic heterocycles. The maximum absolute atomic E-state index is 12.3. The minimum absolute atomic E-state index is 0.0141. The first-order chi connectivity index (χ1) is 8.92. The molecule has 1 aromatic carbocycles. The number of anilines is 1. The second kappa shape index (κ2) is 6.88. The van der Waals surface area contributed by atoms with Gasteiger partial charge in [0.2, 0.25) is 10.0 Å². The van der Waals surface area contributed by atoms with Gasteiger partial charge in [-0.3, -0.25) is 0 Å². The number of para-hydroxylation sites is 1. The molecule has 0 bridgehead atoms. The van der Waals surface area contributed by atoms with Gasteiger partial charge in [0.25, 0.3) is 0 Å². The zero-order valence-corrected chi connectivity index (χ0v) is 12.4. The topological polar surface area (TPSA) is 69.6 Å². The van der Waals surface area contributed by atoms with E-state index in [1.807, 2.05) is 11.8 Å². The Morgan fingerprint density at radius 3 is 2.47 bits per heavy atom. The highest BCUT2D eigenvalue weighted by Gasteiger charge is 2.21. The number of nitrogens with zero attached hydrogens (tertiary/aromatic N) is 1. The summed E-state index contributed by atoms with van der Waals surface area (Å²) >= 11 is 0. The number of aliphatic hydroxyl groups is 1. The van der Waals surface area contributed by atoms with E-state index in [-0.39, 0.29) is 17.5 Å². The molecular weight excluding hydrogens is 264 g/mol. The highest BCUT2D eigenvalue weighted by atomic mass is 32.2. The van der Waals surface area contributed by atoms with Crippen molar-refractivity contribution in [3.63, 3.8) is 0 Å². The van der Waals surface area contributed by atoms with Crippen LogP contribution < -0.4 is 9.62 Å². The summed E-state index contributed by atoms with van der Waals surface area (Å²) in [5.74, 6) is 0. The van der Waals surface area contributed by atoms with Gasteiger partial charge in [-0.1, -0.05) is 12.1 Å². The fourth-order valence-corrected chi connectivity index (χ4v) is 3.37. The number of nitrogens with one attached hydrogen (secondary N) is 1. The largest absolute Gasteiger partial charge is 0.395 e. The molecule has 108 valence electrons. The zero-order valence-electron chi connectivity index (χ0n) is 11.6. The molecule has 0 atom stereocenters. The lowest BCUT2D eigenvalue weighted by molar-refractivity contribution is 0.302. The van der Waals surface area contributed by atoms with Crippen molar-refractivity contribution in [2.45, 2.75) is 31.7 Å². The lowest BCUT2D eigenvalue weighted by Gasteiger charge is -2.25. The molecule has 1 rings (SSSR count). The Balaban J connectivity index is 3.22. The predicted octanol–water partition coefficient (Wildman–Crippen LogP) is 1.19. The number of hydrogen-bond donors (Lipinski definition) is 2. The summed E-state index contributed by atoms with van der Waals surface area (Å²) in [7, 11) is -3.54. The van der Waals surface area contributed by atoms with Crippen LogP contribution in [0.3, 0.4) is 0 Å². The first kappa shape index (κ1) is 15.9. The van der Waals surface area contributed by atoms with E-state index in [4.69, 9.17) is 5.11 Å². The number of likely N-dealkylation sites (N-methyl/N-ethyl adjacent to an activating group) is 1. The van der Waals surface area contributed by atoms with Crippen molar-refractivity contribution in [1.29, 1.82) is 0 Å². The Kier molecular flexibility index (Phi) is 5.78. The van der Waals surface area contributed by atoms with E-state index in [2.05, 4.69) is 4.72 Å². The predicted molar refractivity (Wildman–Crippen MR) is 76.9 cm³/mol. The molecule has 2 N–H and O–H groups in total. The monoisotopic (exact) mass is 286 g/mol. The van der Waals surface area contributed by atoms with Gasteiger partial charge in [-0.2, -0.15) is 0 Å². The van der Waals surface area contributed by atoms with Crippen molar-refractivity contribution >= 4 is 15.7 Å². The van der Waals surface area contributed by atoms with Gasteiger partial charge in [0.15, 0.2) is 0 Å². The summed E-state index contributed by atoms with van der Waals surface area (Å²) in [5, 5.41) is 9.06. The van der Waals surface area contributed by atoms with Gasteiger partial charge in [-0.25, -0.2) is 13.1 Å². The molecule has 0 heterocycles. The van der Waals surface area contributed by atoms with E-state index in [0.717, 1.165) is 0 Å². The highest BCUT2D eigenvalue weighted by Crippen LogP contribution is 2.24. The molecule has 0 aliphatic heterocycles. The summed E-state index contributed by atoms with van der Waals surface area (Å²) in [6.45, 7) is 6.52. The Hall–Kier alpha value is -1.11. The molecule has 0 unspecified atom stereocenters. The lowest BCUT2D eigenvalue weighted by atomic mass is 10.3. The minimum atomic E-state index is -3.54. The van der Waals surface area contributed by atoms with Crippen LogP contribution in [-0.4, -0.2) is 39.3 Å². The van der Waals surface area contributed by atoms with Crippen molar-refractivity contribution in [2.75, 3.05) is 24.6 Å². The van der Waals surface area contributed by atoms with Crippen LogP contribution >= 0.6 is 0 Å². The standard InChI is InChI=1S/C13H22N2O3S/c1-4-15(9-10-16)12-7-5-6-8-13(12)19(17,18)14-11(2)3/h5-8,11,14,16H,4,9-10H2,1-3H3. The molecule has 0 spiro atoms. The molecule has 0 radical (unpaired) electrons. The van der Waals surface area contributed by atoms with Crippen LogP contribution in [0.1, 0.15) is 20.8 Å². The Bertz CT molecular complexity index is 500. The highest BCUT2D eigenvalue weighted by molar-refractivity contribution is 7.89. The van der Waals surface area contributed by atoms with Crippen molar-refractivity contribution in [2.24, 2.45) is 0 Å². The summed E-state index contributed by atoms with van der Waals surface area (Å²) in [6, 6.07) is 6.68. The Labute approximate surface area is 115 Å². The van der Waals surface area contributed by atoms with Crippen LogP contribution in [0.25, 0.3) is 0 Å². The van der Waals surface area contributed by atoms with Gasteiger partial charge in [-0.15, -0.1) is 0 Å². The Morgan fingerprint density at radius 1 is 1.32 bits per heavy atom. The summed E-state index contributed by atoms with van der Waals surface area (Å²) in [4.78, 5) is 2.09. The number of hydrogen-bond acceptors (Lipinski definition) is 4. The molecule has 0 saturated carbocycles. The van der Waals surface area contributed by atoms with E-state index in [9.17, 15) is 8.42 Å². The Morgan fingerprint density at radius 2 is 1.95 bits per heavy atom. The first-order valence-corrected chi connectivity index (χ1v) is 7.87. The average Bonchev–Trinajstić information content (AvgIpc) is 2.34. The van der Waals surface area contributed by atoms with E-state index < -0.39 is 10.0 Å². The molecule has 0 saturated heterocycles. The van der Waals surface area contributed by atoms with Crippen LogP contribution in [0.15, 0.2) is 29.2 Å².